The molecule has 0 atom stereocenters. The smallest absolute Gasteiger partial charge is 0.273 e. The van der Waals surface area contributed by atoms with Crippen LogP contribution in [0.2, 0.25) is 0 Å². The summed E-state index contributed by atoms with van der Waals surface area (Å²) in [7, 11) is 2.09. The number of hydrogen-bond acceptors (Lipinski definition) is 6. The first-order valence-corrected chi connectivity index (χ1v) is 6.56. The maximum Gasteiger partial charge on any atom is 0.273 e. The van der Waals surface area contributed by atoms with Crippen molar-refractivity contribution in [3.63, 3.8) is 0 Å². The summed E-state index contributed by atoms with van der Waals surface area (Å²) in [5.41, 5.74) is 3.94. The van der Waals surface area contributed by atoms with E-state index >= 15 is 0 Å². The number of nitrogens with zero attached hydrogens (tertiary/aromatic N) is 3. The molecule has 1 aliphatic heterocycles. The molecule has 3 N–H and O–H groups in total. The third-order valence-electron chi connectivity index (χ3n) is 3.96. The van der Waals surface area contributed by atoms with Crippen LogP contribution in [-0.4, -0.2) is 42.0 Å². The summed E-state index contributed by atoms with van der Waals surface area (Å²) in [4.78, 5) is 15.1. The molecule has 0 aliphatic carbocycles. The van der Waals surface area contributed by atoms with Gasteiger partial charge in [0.15, 0.2) is 0 Å². The van der Waals surface area contributed by atoms with Gasteiger partial charge in [0.2, 0.25) is 0 Å². The van der Waals surface area contributed by atoms with Crippen LogP contribution in [0.3, 0.4) is 0 Å². The molecule has 20 heavy (non-hydrogen) atoms. The molecule has 0 radical (unpaired) electrons. The van der Waals surface area contributed by atoms with Crippen LogP contribution in [0.25, 0.3) is 0 Å². The lowest BCUT2D eigenvalue weighted by atomic mass is 9.99. The molecule has 7 nitrogen and oxygen atoms in total. The van der Waals surface area contributed by atoms with Crippen molar-refractivity contribution in [1.29, 1.82) is 0 Å². The van der Waals surface area contributed by atoms with Crippen molar-refractivity contribution in [2.24, 2.45) is 5.84 Å². The minimum Gasteiger partial charge on any atom is -0.368 e. The zero-order chi connectivity index (χ0) is 14.9. The minimum atomic E-state index is -0.397. The largest absolute Gasteiger partial charge is 0.368 e. The normalized spacial score (nSPS) is 18.9. The van der Waals surface area contributed by atoms with Gasteiger partial charge in [-0.25, -0.2) is 0 Å². The van der Waals surface area contributed by atoms with Gasteiger partial charge in [-0.15, -0.1) is 0 Å². The van der Waals surface area contributed by atoms with Crippen molar-refractivity contribution in [2.45, 2.75) is 19.4 Å². The number of nitro benzene ring substituents is 1. The molecule has 0 aromatic heterocycles. The number of likely N-dealkylation sites (N-methyl/N-ethyl adjacent to an activating group) is 1. The number of nitrogen functional groups attached to an aromatic ring is 1. The number of piperazine rings is 1. The molecule has 0 saturated carbocycles. The van der Waals surface area contributed by atoms with Gasteiger partial charge < -0.3 is 10.3 Å². The Morgan fingerprint density at radius 2 is 2.05 bits per heavy atom. The van der Waals surface area contributed by atoms with E-state index in [4.69, 9.17) is 5.84 Å². The second kappa shape index (κ2) is 5.26. The third kappa shape index (κ3) is 2.83. The molecular formula is C13H21N5O2. The summed E-state index contributed by atoms with van der Waals surface area (Å²) in [6.45, 7) is 6.90. The molecule has 0 bridgehead atoms. The van der Waals surface area contributed by atoms with E-state index in [0.717, 1.165) is 25.3 Å². The van der Waals surface area contributed by atoms with Crippen LogP contribution in [0.4, 0.5) is 17.1 Å². The summed E-state index contributed by atoms with van der Waals surface area (Å²) < 4.78 is 0. The van der Waals surface area contributed by atoms with Gasteiger partial charge in [-0.3, -0.25) is 20.9 Å². The SMILES string of the molecule is CN1CCN(c2cc(NN)cc([N+](=O)[O-])c2)CC1(C)C. The van der Waals surface area contributed by atoms with E-state index in [1.54, 1.807) is 6.07 Å². The number of nitrogens with two attached hydrogens (primary N) is 1. The van der Waals surface area contributed by atoms with E-state index in [2.05, 4.69) is 36.1 Å². The van der Waals surface area contributed by atoms with Crippen molar-refractivity contribution in [2.75, 3.05) is 37.0 Å². The van der Waals surface area contributed by atoms with Gasteiger partial charge in [-0.1, -0.05) is 0 Å². The lowest BCUT2D eigenvalue weighted by Gasteiger charge is -2.46. The molecule has 1 aromatic carbocycles. The average Bonchev–Trinajstić information content (AvgIpc) is 2.41. The maximum absolute atomic E-state index is 11.0. The highest BCUT2D eigenvalue weighted by molar-refractivity contribution is 5.64. The first-order valence-electron chi connectivity index (χ1n) is 6.56. The topological polar surface area (TPSA) is 87.7 Å². The summed E-state index contributed by atoms with van der Waals surface area (Å²) >= 11 is 0. The van der Waals surface area contributed by atoms with E-state index in [0.29, 0.717) is 5.69 Å². The van der Waals surface area contributed by atoms with Crippen molar-refractivity contribution < 1.29 is 4.92 Å². The Hall–Kier alpha value is -1.86. The van der Waals surface area contributed by atoms with E-state index in [9.17, 15) is 10.1 Å². The number of benzene rings is 1. The molecule has 110 valence electrons. The number of anilines is 2. The summed E-state index contributed by atoms with van der Waals surface area (Å²) in [6, 6.07) is 4.88. The van der Waals surface area contributed by atoms with Crippen LogP contribution in [0.5, 0.6) is 0 Å². The fourth-order valence-corrected chi connectivity index (χ4v) is 2.43. The number of non-ortho nitro benzene ring substituents is 1. The first kappa shape index (κ1) is 14.5. The Morgan fingerprint density at radius 3 is 2.60 bits per heavy atom. The highest BCUT2D eigenvalue weighted by Crippen LogP contribution is 2.30. The second-order valence-corrected chi connectivity index (χ2v) is 5.80. The molecule has 0 amide bonds. The standard InChI is InChI=1S/C13H21N5O2/c1-13(2)9-17(5-4-16(13)3)11-6-10(15-14)7-12(8-11)18(19)20/h6-8,15H,4-5,9,14H2,1-3H3. The van der Waals surface area contributed by atoms with Crippen molar-refractivity contribution >= 4 is 17.1 Å². The lowest BCUT2D eigenvalue weighted by Crippen LogP contribution is -2.57. The Kier molecular flexibility index (Phi) is 3.82. The number of hydrogen-bond donors (Lipinski definition) is 2. The van der Waals surface area contributed by atoms with E-state index in [1.165, 1.54) is 6.07 Å². The minimum absolute atomic E-state index is 0.0270. The Bertz CT molecular complexity index is 517. The zero-order valence-electron chi connectivity index (χ0n) is 12.1. The Labute approximate surface area is 118 Å². The summed E-state index contributed by atoms with van der Waals surface area (Å²) in [5.74, 6) is 5.39. The van der Waals surface area contributed by atoms with Gasteiger partial charge in [-0.05, 0) is 27.0 Å². The fraction of sp³-hybridized carbons (Fsp3) is 0.538. The molecule has 1 aliphatic rings. The monoisotopic (exact) mass is 279 g/mol. The van der Waals surface area contributed by atoms with E-state index in [-0.39, 0.29) is 11.2 Å². The molecule has 0 unspecified atom stereocenters. The second-order valence-electron chi connectivity index (χ2n) is 5.80. The van der Waals surface area contributed by atoms with Crippen LogP contribution in [-0.2, 0) is 0 Å². The van der Waals surface area contributed by atoms with Crippen LogP contribution >= 0.6 is 0 Å². The lowest BCUT2D eigenvalue weighted by molar-refractivity contribution is -0.384. The molecule has 1 heterocycles. The summed E-state index contributed by atoms with van der Waals surface area (Å²) in [6.07, 6.45) is 0. The van der Waals surface area contributed by atoms with Crippen LogP contribution in [0, 0.1) is 10.1 Å². The van der Waals surface area contributed by atoms with Crippen molar-refractivity contribution in [1.82, 2.24) is 4.90 Å². The Morgan fingerprint density at radius 1 is 1.35 bits per heavy atom. The van der Waals surface area contributed by atoms with Crippen LogP contribution < -0.4 is 16.2 Å². The van der Waals surface area contributed by atoms with Crippen molar-refractivity contribution in [3.05, 3.63) is 28.3 Å². The van der Waals surface area contributed by atoms with E-state index in [1.807, 2.05) is 6.07 Å². The fourth-order valence-electron chi connectivity index (χ4n) is 2.43. The van der Waals surface area contributed by atoms with Crippen LogP contribution in [0.15, 0.2) is 18.2 Å². The zero-order valence-corrected chi connectivity index (χ0v) is 12.1. The predicted molar refractivity (Wildman–Crippen MR) is 79.8 cm³/mol. The highest BCUT2D eigenvalue weighted by Gasteiger charge is 2.31. The van der Waals surface area contributed by atoms with Gasteiger partial charge in [0.25, 0.3) is 5.69 Å². The van der Waals surface area contributed by atoms with Crippen LogP contribution in [0.1, 0.15) is 13.8 Å². The first-order chi connectivity index (χ1) is 9.33. The van der Waals surface area contributed by atoms with Crippen molar-refractivity contribution in [3.8, 4) is 0 Å². The predicted octanol–water partition coefficient (Wildman–Crippen LogP) is 1.41. The molecule has 1 aromatic rings. The molecular weight excluding hydrogens is 258 g/mol. The molecule has 0 spiro atoms. The quantitative estimate of drug-likeness (QED) is 0.494. The number of hydrazine groups is 1. The van der Waals surface area contributed by atoms with E-state index < -0.39 is 4.92 Å². The molecule has 7 heteroatoms. The van der Waals surface area contributed by atoms with Gasteiger partial charge in [0, 0.05) is 43.0 Å². The summed E-state index contributed by atoms with van der Waals surface area (Å²) in [5, 5.41) is 11.0. The molecule has 2 rings (SSSR count). The number of rotatable bonds is 3. The average molecular weight is 279 g/mol. The molecule has 1 saturated heterocycles. The van der Waals surface area contributed by atoms with Gasteiger partial charge >= 0.3 is 0 Å². The van der Waals surface area contributed by atoms with Gasteiger partial charge in [0.05, 0.1) is 10.6 Å². The number of nitro groups is 1. The van der Waals surface area contributed by atoms with Gasteiger partial charge in [-0.2, -0.15) is 0 Å². The van der Waals surface area contributed by atoms with Gasteiger partial charge in [0.1, 0.15) is 0 Å². The number of nitrogens with one attached hydrogen (secondary N) is 1. The highest BCUT2D eigenvalue weighted by atomic mass is 16.6. The third-order valence-corrected chi connectivity index (χ3v) is 3.96. The maximum atomic E-state index is 11.0. The Balaban J connectivity index is 2.32. The molecule has 1 fully saturated rings.